The molecular weight excluding hydrogens is 232 g/mol. The molecule has 1 saturated carbocycles. The van der Waals surface area contributed by atoms with E-state index in [1.807, 2.05) is 0 Å². The third-order valence-corrected chi connectivity index (χ3v) is 4.56. The highest BCUT2D eigenvalue weighted by molar-refractivity contribution is 4.77. The SMILES string of the molecule is CCCCCCCCCCN(CCN)C1CCCC1. The highest BCUT2D eigenvalue weighted by Crippen LogP contribution is 2.23. The summed E-state index contributed by atoms with van der Waals surface area (Å²) in [5, 5.41) is 0. The van der Waals surface area contributed by atoms with E-state index in [-0.39, 0.29) is 0 Å². The second-order valence-electron chi connectivity index (χ2n) is 6.24. The van der Waals surface area contributed by atoms with Crippen LogP contribution in [0.25, 0.3) is 0 Å². The maximum Gasteiger partial charge on any atom is 0.0108 e. The number of hydrogen-bond acceptors (Lipinski definition) is 2. The molecule has 1 aliphatic carbocycles. The molecule has 0 amide bonds. The lowest BCUT2D eigenvalue weighted by Gasteiger charge is -2.28. The lowest BCUT2D eigenvalue weighted by atomic mass is 10.1. The van der Waals surface area contributed by atoms with Gasteiger partial charge in [-0.05, 0) is 25.8 Å². The standard InChI is InChI=1S/C17H36N2/c1-2-3-4-5-6-7-8-11-15-19(16-14-18)17-12-9-10-13-17/h17H,2-16,18H2,1H3. The molecule has 2 nitrogen and oxygen atoms in total. The minimum atomic E-state index is 0.827. The zero-order chi connectivity index (χ0) is 13.8. The van der Waals surface area contributed by atoms with Crippen LogP contribution in [0.3, 0.4) is 0 Å². The van der Waals surface area contributed by atoms with Crippen molar-refractivity contribution in [2.24, 2.45) is 5.73 Å². The van der Waals surface area contributed by atoms with E-state index in [9.17, 15) is 0 Å². The maximum absolute atomic E-state index is 5.75. The van der Waals surface area contributed by atoms with Crippen molar-refractivity contribution in [3.05, 3.63) is 0 Å². The summed E-state index contributed by atoms with van der Waals surface area (Å²) >= 11 is 0. The summed E-state index contributed by atoms with van der Waals surface area (Å²) in [6.45, 7) is 5.51. The molecule has 0 spiro atoms. The van der Waals surface area contributed by atoms with Gasteiger partial charge in [-0.25, -0.2) is 0 Å². The Hall–Kier alpha value is -0.0800. The third kappa shape index (κ3) is 7.94. The second kappa shape index (κ2) is 11.7. The maximum atomic E-state index is 5.75. The molecule has 0 unspecified atom stereocenters. The number of nitrogens with zero attached hydrogens (tertiary/aromatic N) is 1. The van der Waals surface area contributed by atoms with Gasteiger partial charge in [-0.3, -0.25) is 4.90 Å². The van der Waals surface area contributed by atoms with Gasteiger partial charge in [0.25, 0.3) is 0 Å². The van der Waals surface area contributed by atoms with Crippen molar-refractivity contribution in [3.8, 4) is 0 Å². The van der Waals surface area contributed by atoms with Crippen LogP contribution >= 0.6 is 0 Å². The fourth-order valence-corrected chi connectivity index (χ4v) is 3.36. The Morgan fingerprint density at radius 2 is 1.42 bits per heavy atom. The van der Waals surface area contributed by atoms with Crippen LogP contribution in [0.4, 0.5) is 0 Å². The molecule has 1 rings (SSSR count). The molecule has 1 aliphatic rings. The summed E-state index contributed by atoms with van der Waals surface area (Å²) in [7, 11) is 0. The summed E-state index contributed by atoms with van der Waals surface area (Å²) in [4.78, 5) is 2.67. The number of rotatable bonds is 12. The van der Waals surface area contributed by atoms with Gasteiger partial charge in [0.05, 0.1) is 0 Å². The minimum Gasteiger partial charge on any atom is -0.329 e. The first-order chi connectivity index (χ1) is 9.38. The van der Waals surface area contributed by atoms with Gasteiger partial charge in [0.15, 0.2) is 0 Å². The predicted molar refractivity (Wildman–Crippen MR) is 85.5 cm³/mol. The van der Waals surface area contributed by atoms with Gasteiger partial charge < -0.3 is 5.73 Å². The Balaban J connectivity index is 1.98. The van der Waals surface area contributed by atoms with E-state index < -0.39 is 0 Å². The van der Waals surface area contributed by atoms with E-state index >= 15 is 0 Å². The van der Waals surface area contributed by atoms with Crippen LogP contribution in [0.5, 0.6) is 0 Å². The Morgan fingerprint density at radius 3 is 2.00 bits per heavy atom. The number of nitrogens with two attached hydrogens (primary N) is 1. The Bertz CT molecular complexity index is 188. The molecule has 1 fully saturated rings. The van der Waals surface area contributed by atoms with Crippen molar-refractivity contribution in [1.82, 2.24) is 4.90 Å². The van der Waals surface area contributed by atoms with Crippen molar-refractivity contribution >= 4 is 0 Å². The van der Waals surface area contributed by atoms with E-state index in [4.69, 9.17) is 5.73 Å². The molecule has 0 aromatic rings. The highest BCUT2D eigenvalue weighted by Gasteiger charge is 2.21. The van der Waals surface area contributed by atoms with Gasteiger partial charge in [-0.2, -0.15) is 0 Å². The van der Waals surface area contributed by atoms with Crippen molar-refractivity contribution in [3.63, 3.8) is 0 Å². The summed E-state index contributed by atoms with van der Waals surface area (Å²) in [6, 6.07) is 0.855. The largest absolute Gasteiger partial charge is 0.329 e. The van der Waals surface area contributed by atoms with Crippen molar-refractivity contribution in [2.45, 2.75) is 90.0 Å². The Labute approximate surface area is 121 Å². The zero-order valence-corrected chi connectivity index (χ0v) is 13.2. The molecule has 114 valence electrons. The average Bonchev–Trinajstić information content (AvgIpc) is 2.94. The van der Waals surface area contributed by atoms with Crippen LogP contribution in [0.1, 0.15) is 84.0 Å². The smallest absolute Gasteiger partial charge is 0.0108 e. The monoisotopic (exact) mass is 268 g/mol. The summed E-state index contributed by atoms with van der Waals surface area (Å²) in [6.07, 6.45) is 17.0. The van der Waals surface area contributed by atoms with Crippen LogP contribution in [-0.2, 0) is 0 Å². The summed E-state index contributed by atoms with van der Waals surface area (Å²) in [5.41, 5.74) is 5.75. The van der Waals surface area contributed by atoms with E-state index in [2.05, 4.69) is 11.8 Å². The molecule has 0 radical (unpaired) electrons. The van der Waals surface area contributed by atoms with Crippen LogP contribution in [0.2, 0.25) is 0 Å². The molecular formula is C17H36N2. The molecule has 0 aromatic carbocycles. The molecule has 0 bridgehead atoms. The molecule has 0 aliphatic heterocycles. The van der Waals surface area contributed by atoms with Crippen LogP contribution in [0.15, 0.2) is 0 Å². The molecule has 2 heteroatoms. The minimum absolute atomic E-state index is 0.827. The van der Waals surface area contributed by atoms with Crippen LogP contribution < -0.4 is 5.73 Å². The van der Waals surface area contributed by atoms with Crippen molar-refractivity contribution < 1.29 is 0 Å². The van der Waals surface area contributed by atoms with E-state index in [0.717, 1.165) is 19.1 Å². The molecule has 2 N–H and O–H groups in total. The first kappa shape index (κ1) is 17.0. The zero-order valence-electron chi connectivity index (χ0n) is 13.2. The highest BCUT2D eigenvalue weighted by atomic mass is 15.2. The fourth-order valence-electron chi connectivity index (χ4n) is 3.36. The van der Waals surface area contributed by atoms with Gasteiger partial charge in [-0.1, -0.05) is 64.7 Å². The van der Waals surface area contributed by atoms with Crippen LogP contribution in [-0.4, -0.2) is 30.6 Å². The molecule has 0 aromatic heterocycles. The number of hydrogen-bond donors (Lipinski definition) is 1. The predicted octanol–water partition coefficient (Wildman–Crippen LogP) is 4.33. The van der Waals surface area contributed by atoms with Gasteiger partial charge >= 0.3 is 0 Å². The van der Waals surface area contributed by atoms with Crippen molar-refractivity contribution in [1.29, 1.82) is 0 Å². The second-order valence-corrected chi connectivity index (χ2v) is 6.24. The topological polar surface area (TPSA) is 29.3 Å². The van der Waals surface area contributed by atoms with Gasteiger partial charge in [0, 0.05) is 19.1 Å². The lowest BCUT2D eigenvalue weighted by molar-refractivity contribution is 0.199. The van der Waals surface area contributed by atoms with Gasteiger partial charge in [-0.15, -0.1) is 0 Å². The fraction of sp³-hybridized carbons (Fsp3) is 1.00. The normalized spacial score (nSPS) is 16.6. The molecule has 0 saturated heterocycles. The molecule has 0 atom stereocenters. The van der Waals surface area contributed by atoms with Crippen LogP contribution in [0, 0.1) is 0 Å². The summed E-state index contributed by atoms with van der Waals surface area (Å²) < 4.78 is 0. The summed E-state index contributed by atoms with van der Waals surface area (Å²) in [5.74, 6) is 0. The van der Waals surface area contributed by atoms with Gasteiger partial charge in [0.2, 0.25) is 0 Å². The van der Waals surface area contributed by atoms with E-state index in [0.29, 0.717) is 0 Å². The lowest BCUT2D eigenvalue weighted by Crippen LogP contribution is -2.37. The third-order valence-electron chi connectivity index (χ3n) is 4.56. The first-order valence-electron chi connectivity index (χ1n) is 8.82. The quantitative estimate of drug-likeness (QED) is 0.534. The van der Waals surface area contributed by atoms with E-state index in [1.165, 1.54) is 83.6 Å². The molecule has 0 heterocycles. The first-order valence-corrected chi connectivity index (χ1v) is 8.82. The van der Waals surface area contributed by atoms with Gasteiger partial charge in [0.1, 0.15) is 0 Å². The average molecular weight is 268 g/mol. The molecule has 19 heavy (non-hydrogen) atoms. The number of unbranched alkanes of at least 4 members (excludes halogenated alkanes) is 7. The van der Waals surface area contributed by atoms with E-state index in [1.54, 1.807) is 0 Å². The Kier molecular flexibility index (Phi) is 10.5. The van der Waals surface area contributed by atoms with Crippen molar-refractivity contribution in [2.75, 3.05) is 19.6 Å². The Morgan fingerprint density at radius 1 is 0.842 bits per heavy atom.